The van der Waals surface area contributed by atoms with Crippen LogP contribution in [0.5, 0.6) is 0 Å². The summed E-state index contributed by atoms with van der Waals surface area (Å²) in [7, 11) is -3.40. The fourth-order valence-electron chi connectivity index (χ4n) is 2.25. The zero-order valence-corrected chi connectivity index (χ0v) is 10.1. The van der Waals surface area contributed by atoms with Gasteiger partial charge in [-0.15, -0.1) is 0 Å². The standard InChI is InChI=1S/C10H17N3O2S/c1-8(9-4-2-3-5-9)13-16(14,15)10-6-11-12-7-10/h6-9,13H,2-5H2,1H3,(H,11,12). The van der Waals surface area contributed by atoms with Crippen LogP contribution in [0.25, 0.3) is 0 Å². The summed E-state index contributed by atoms with van der Waals surface area (Å²) in [6, 6.07) is 0.00222. The summed E-state index contributed by atoms with van der Waals surface area (Å²) < 4.78 is 26.5. The SMILES string of the molecule is CC(NS(=O)(=O)c1cn[nH]c1)C1CCCC1. The van der Waals surface area contributed by atoms with Crippen molar-refractivity contribution in [3.05, 3.63) is 12.4 Å². The lowest BCUT2D eigenvalue weighted by atomic mass is 10.0. The van der Waals surface area contributed by atoms with Crippen LogP contribution in [0.2, 0.25) is 0 Å². The molecule has 5 nitrogen and oxygen atoms in total. The minimum absolute atomic E-state index is 0.00222. The van der Waals surface area contributed by atoms with Crippen molar-refractivity contribution < 1.29 is 8.42 Å². The van der Waals surface area contributed by atoms with Crippen molar-refractivity contribution in [1.82, 2.24) is 14.9 Å². The van der Waals surface area contributed by atoms with Crippen LogP contribution >= 0.6 is 0 Å². The minimum atomic E-state index is -3.40. The van der Waals surface area contributed by atoms with Crippen molar-refractivity contribution >= 4 is 10.0 Å². The summed E-state index contributed by atoms with van der Waals surface area (Å²) in [5.41, 5.74) is 0. The molecule has 0 radical (unpaired) electrons. The molecule has 1 atom stereocenters. The molecule has 0 saturated heterocycles. The maximum absolute atomic E-state index is 11.9. The van der Waals surface area contributed by atoms with Crippen LogP contribution < -0.4 is 4.72 Å². The Hall–Kier alpha value is -0.880. The first-order valence-electron chi connectivity index (χ1n) is 5.61. The highest BCUT2D eigenvalue weighted by molar-refractivity contribution is 7.89. The van der Waals surface area contributed by atoms with E-state index in [-0.39, 0.29) is 10.9 Å². The molecule has 1 aromatic heterocycles. The van der Waals surface area contributed by atoms with Crippen LogP contribution in [0.3, 0.4) is 0 Å². The lowest BCUT2D eigenvalue weighted by Crippen LogP contribution is -2.37. The Morgan fingerprint density at radius 2 is 2.19 bits per heavy atom. The minimum Gasteiger partial charge on any atom is -0.284 e. The first-order valence-corrected chi connectivity index (χ1v) is 7.09. The van der Waals surface area contributed by atoms with Crippen molar-refractivity contribution in [2.75, 3.05) is 0 Å². The highest BCUT2D eigenvalue weighted by atomic mass is 32.2. The summed E-state index contributed by atoms with van der Waals surface area (Å²) in [5, 5.41) is 6.16. The number of rotatable bonds is 4. The fraction of sp³-hybridized carbons (Fsp3) is 0.700. The Balaban J connectivity index is 2.03. The van der Waals surface area contributed by atoms with Crippen molar-refractivity contribution in [2.24, 2.45) is 5.92 Å². The van der Waals surface area contributed by atoms with E-state index in [2.05, 4.69) is 14.9 Å². The number of sulfonamides is 1. The number of aromatic nitrogens is 2. The van der Waals surface area contributed by atoms with E-state index in [1.54, 1.807) is 0 Å². The highest BCUT2D eigenvalue weighted by Gasteiger charge is 2.26. The second kappa shape index (κ2) is 4.55. The third-order valence-electron chi connectivity index (χ3n) is 3.23. The average Bonchev–Trinajstić information content (AvgIpc) is 2.91. The summed E-state index contributed by atoms with van der Waals surface area (Å²) >= 11 is 0. The van der Waals surface area contributed by atoms with Crippen LogP contribution in [0.1, 0.15) is 32.6 Å². The van der Waals surface area contributed by atoms with E-state index in [0.717, 1.165) is 12.8 Å². The number of H-pyrrole nitrogens is 1. The van der Waals surface area contributed by atoms with Gasteiger partial charge in [0.1, 0.15) is 4.90 Å². The molecule has 0 aliphatic heterocycles. The molecule has 0 bridgehead atoms. The molecule has 90 valence electrons. The van der Waals surface area contributed by atoms with E-state index < -0.39 is 10.0 Å². The van der Waals surface area contributed by atoms with Gasteiger partial charge in [-0.3, -0.25) is 5.10 Å². The quantitative estimate of drug-likeness (QED) is 0.836. The van der Waals surface area contributed by atoms with E-state index in [9.17, 15) is 8.42 Å². The Kier molecular flexibility index (Phi) is 3.30. The average molecular weight is 243 g/mol. The van der Waals surface area contributed by atoms with Crippen LogP contribution in [0.15, 0.2) is 17.3 Å². The van der Waals surface area contributed by atoms with E-state index in [4.69, 9.17) is 0 Å². The van der Waals surface area contributed by atoms with Gasteiger partial charge in [0.25, 0.3) is 0 Å². The molecule has 1 aromatic rings. The molecular formula is C10H17N3O2S. The third-order valence-corrected chi connectivity index (χ3v) is 4.76. The van der Waals surface area contributed by atoms with Gasteiger partial charge in [-0.1, -0.05) is 12.8 Å². The first-order chi connectivity index (χ1) is 7.59. The Labute approximate surface area is 95.7 Å². The lowest BCUT2D eigenvalue weighted by molar-refractivity contribution is 0.424. The maximum atomic E-state index is 11.9. The first kappa shape index (κ1) is 11.6. The number of hydrogen-bond acceptors (Lipinski definition) is 3. The largest absolute Gasteiger partial charge is 0.284 e. The molecule has 6 heteroatoms. The Morgan fingerprint density at radius 1 is 1.50 bits per heavy atom. The smallest absolute Gasteiger partial charge is 0.243 e. The number of hydrogen-bond donors (Lipinski definition) is 2. The summed E-state index contributed by atoms with van der Waals surface area (Å²) in [4.78, 5) is 0.206. The second-order valence-electron chi connectivity index (χ2n) is 4.39. The van der Waals surface area contributed by atoms with E-state index in [1.807, 2.05) is 6.92 Å². The lowest BCUT2D eigenvalue weighted by Gasteiger charge is -2.19. The van der Waals surface area contributed by atoms with Gasteiger partial charge < -0.3 is 0 Å². The Bertz CT molecular complexity index is 421. The van der Waals surface area contributed by atoms with Crippen molar-refractivity contribution in [2.45, 2.75) is 43.5 Å². The summed E-state index contributed by atoms with van der Waals surface area (Å²) in [6.45, 7) is 1.94. The summed E-state index contributed by atoms with van der Waals surface area (Å²) in [6.07, 6.45) is 7.38. The molecule has 2 N–H and O–H groups in total. The van der Waals surface area contributed by atoms with Gasteiger partial charge in [-0.2, -0.15) is 5.10 Å². The van der Waals surface area contributed by atoms with Crippen LogP contribution in [0.4, 0.5) is 0 Å². The zero-order valence-electron chi connectivity index (χ0n) is 9.31. The van der Waals surface area contributed by atoms with E-state index in [0.29, 0.717) is 5.92 Å². The van der Waals surface area contributed by atoms with Gasteiger partial charge in [0.15, 0.2) is 0 Å². The van der Waals surface area contributed by atoms with E-state index >= 15 is 0 Å². The fourth-order valence-corrected chi connectivity index (χ4v) is 3.47. The molecule has 0 aromatic carbocycles. The molecule has 2 rings (SSSR count). The topological polar surface area (TPSA) is 74.8 Å². The molecule has 1 fully saturated rings. The van der Waals surface area contributed by atoms with Crippen molar-refractivity contribution in [3.8, 4) is 0 Å². The molecule has 0 amide bonds. The predicted octanol–water partition coefficient (Wildman–Crippen LogP) is 1.27. The molecular weight excluding hydrogens is 226 g/mol. The van der Waals surface area contributed by atoms with Crippen molar-refractivity contribution in [1.29, 1.82) is 0 Å². The normalized spacial score (nSPS) is 20.1. The van der Waals surface area contributed by atoms with Gasteiger partial charge >= 0.3 is 0 Å². The van der Waals surface area contributed by atoms with Gasteiger partial charge in [0.2, 0.25) is 10.0 Å². The van der Waals surface area contributed by atoms with Gasteiger partial charge in [-0.25, -0.2) is 13.1 Å². The van der Waals surface area contributed by atoms with Crippen LogP contribution in [0, 0.1) is 5.92 Å². The number of nitrogens with one attached hydrogen (secondary N) is 2. The van der Waals surface area contributed by atoms with Gasteiger partial charge in [-0.05, 0) is 25.7 Å². The summed E-state index contributed by atoms with van der Waals surface area (Å²) in [5.74, 6) is 0.474. The second-order valence-corrected chi connectivity index (χ2v) is 6.10. The van der Waals surface area contributed by atoms with Gasteiger partial charge in [0.05, 0.1) is 6.20 Å². The molecule has 0 spiro atoms. The molecule has 1 aliphatic carbocycles. The van der Waals surface area contributed by atoms with Crippen LogP contribution in [-0.2, 0) is 10.0 Å². The highest BCUT2D eigenvalue weighted by Crippen LogP contribution is 2.28. The molecule has 1 unspecified atom stereocenters. The number of aromatic amines is 1. The Morgan fingerprint density at radius 3 is 2.75 bits per heavy atom. The van der Waals surface area contributed by atoms with Gasteiger partial charge in [0, 0.05) is 12.2 Å². The zero-order chi connectivity index (χ0) is 11.6. The molecule has 1 aliphatic rings. The molecule has 16 heavy (non-hydrogen) atoms. The monoisotopic (exact) mass is 243 g/mol. The molecule has 1 heterocycles. The molecule has 1 saturated carbocycles. The van der Waals surface area contributed by atoms with Crippen molar-refractivity contribution in [3.63, 3.8) is 0 Å². The maximum Gasteiger partial charge on any atom is 0.243 e. The van der Waals surface area contributed by atoms with E-state index in [1.165, 1.54) is 25.2 Å². The predicted molar refractivity (Wildman–Crippen MR) is 60.3 cm³/mol. The van der Waals surface area contributed by atoms with Crippen LogP contribution in [-0.4, -0.2) is 24.7 Å². The number of nitrogens with zero attached hydrogens (tertiary/aromatic N) is 1. The third kappa shape index (κ3) is 2.44.